The number of rotatable bonds is 5. The van der Waals surface area contributed by atoms with Gasteiger partial charge in [-0.2, -0.15) is 0 Å². The van der Waals surface area contributed by atoms with Gasteiger partial charge in [0.25, 0.3) is 0 Å². The molecule has 0 bridgehead atoms. The molecule has 0 aromatic carbocycles. The Labute approximate surface area is 164 Å². The van der Waals surface area contributed by atoms with Crippen LogP contribution in [-0.4, -0.2) is 28.9 Å². The van der Waals surface area contributed by atoms with Crippen LogP contribution < -0.4 is 0 Å². The third-order valence-electron chi connectivity index (χ3n) is 7.18. The summed E-state index contributed by atoms with van der Waals surface area (Å²) < 4.78 is 10.5. The van der Waals surface area contributed by atoms with Crippen LogP contribution in [0.1, 0.15) is 63.2 Å². The van der Waals surface area contributed by atoms with E-state index in [2.05, 4.69) is 13.5 Å². The highest BCUT2D eigenvalue weighted by Gasteiger charge is 2.62. The van der Waals surface area contributed by atoms with Crippen LogP contribution >= 0.6 is 0 Å². The number of ether oxygens (including phenoxy) is 1. The van der Waals surface area contributed by atoms with Gasteiger partial charge in [-0.3, -0.25) is 14.4 Å². The number of carboxylic acid groups (broad SMARTS) is 1. The molecule has 0 spiro atoms. The lowest BCUT2D eigenvalue weighted by Gasteiger charge is -2.58. The SMILES string of the molecule is C=C1CC[C@H]2[C@](C)(CC[C@@H](OC(C)=O)[C@]2(C)C(=O)O)[C@@H]1CC(=O)c1ccoc1. The number of fused-ring (bicyclic) bond motifs is 1. The summed E-state index contributed by atoms with van der Waals surface area (Å²) >= 11 is 0. The van der Waals surface area contributed by atoms with Crippen LogP contribution in [0.2, 0.25) is 0 Å². The minimum Gasteiger partial charge on any atom is -0.481 e. The van der Waals surface area contributed by atoms with E-state index in [1.54, 1.807) is 13.0 Å². The van der Waals surface area contributed by atoms with Gasteiger partial charge in [-0.05, 0) is 55.9 Å². The maximum absolute atomic E-state index is 12.8. The van der Waals surface area contributed by atoms with Crippen molar-refractivity contribution in [2.24, 2.45) is 22.7 Å². The summed E-state index contributed by atoms with van der Waals surface area (Å²) in [5.41, 5.74) is -0.0863. The summed E-state index contributed by atoms with van der Waals surface area (Å²) in [6.07, 6.45) is 4.98. The Hall–Kier alpha value is -2.37. The third kappa shape index (κ3) is 3.19. The molecule has 2 aliphatic carbocycles. The number of hydrogen-bond acceptors (Lipinski definition) is 5. The van der Waals surface area contributed by atoms with Crippen LogP contribution in [0.3, 0.4) is 0 Å². The number of furan rings is 1. The Bertz CT molecular complexity index is 794. The van der Waals surface area contributed by atoms with Crippen molar-refractivity contribution in [1.29, 1.82) is 0 Å². The van der Waals surface area contributed by atoms with Gasteiger partial charge in [0, 0.05) is 13.3 Å². The molecule has 2 aliphatic rings. The summed E-state index contributed by atoms with van der Waals surface area (Å²) in [5, 5.41) is 10.1. The van der Waals surface area contributed by atoms with Crippen molar-refractivity contribution in [3.63, 3.8) is 0 Å². The van der Waals surface area contributed by atoms with Gasteiger partial charge in [0.1, 0.15) is 17.8 Å². The normalized spacial score (nSPS) is 35.1. The van der Waals surface area contributed by atoms with E-state index in [4.69, 9.17) is 9.15 Å². The molecule has 1 aromatic rings. The summed E-state index contributed by atoms with van der Waals surface area (Å²) in [4.78, 5) is 36.7. The van der Waals surface area contributed by atoms with Crippen LogP contribution in [-0.2, 0) is 14.3 Å². The van der Waals surface area contributed by atoms with Crippen molar-refractivity contribution in [3.05, 3.63) is 36.3 Å². The van der Waals surface area contributed by atoms with E-state index in [-0.39, 0.29) is 24.0 Å². The van der Waals surface area contributed by atoms with Gasteiger partial charge < -0.3 is 14.3 Å². The molecule has 3 rings (SSSR count). The average Bonchev–Trinajstić information content (AvgIpc) is 3.15. The highest BCUT2D eigenvalue weighted by atomic mass is 16.5. The zero-order valence-corrected chi connectivity index (χ0v) is 16.7. The summed E-state index contributed by atoms with van der Waals surface area (Å²) in [6, 6.07) is 1.65. The molecular weight excluding hydrogens is 360 g/mol. The van der Waals surface area contributed by atoms with Crippen molar-refractivity contribution in [2.75, 3.05) is 0 Å². The number of carbonyl (C=O) groups is 3. The first-order chi connectivity index (χ1) is 13.1. The number of aliphatic carboxylic acids is 1. The van der Waals surface area contributed by atoms with E-state index >= 15 is 0 Å². The second kappa shape index (κ2) is 7.22. The Morgan fingerprint density at radius 1 is 1.32 bits per heavy atom. The molecule has 0 unspecified atom stereocenters. The first-order valence-electron chi connectivity index (χ1n) is 9.74. The van der Waals surface area contributed by atoms with E-state index in [9.17, 15) is 19.5 Å². The van der Waals surface area contributed by atoms with Gasteiger partial charge in [0.2, 0.25) is 0 Å². The molecule has 1 N–H and O–H groups in total. The first-order valence-corrected chi connectivity index (χ1v) is 9.74. The zero-order valence-electron chi connectivity index (χ0n) is 16.7. The number of Topliss-reactive ketones (excluding diaryl/α,β-unsaturated/α-hetero) is 1. The minimum absolute atomic E-state index is 0.0269. The molecule has 0 aliphatic heterocycles. The maximum Gasteiger partial charge on any atom is 0.313 e. The van der Waals surface area contributed by atoms with Crippen molar-refractivity contribution >= 4 is 17.7 Å². The van der Waals surface area contributed by atoms with E-state index < -0.39 is 28.9 Å². The van der Waals surface area contributed by atoms with Crippen LogP contribution in [0.15, 0.2) is 35.2 Å². The van der Waals surface area contributed by atoms with Crippen LogP contribution in [0.5, 0.6) is 0 Å². The van der Waals surface area contributed by atoms with Crippen LogP contribution in [0.25, 0.3) is 0 Å². The molecule has 0 amide bonds. The molecule has 1 heterocycles. The zero-order chi connectivity index (χ0) is 20.7. The molecule has 2 saturated carbocycles. The van der Waals surface area contributed by atoms with Gasteiger partial charge in [-0.25, -0.2) is 0 Å². The third-order valence-corrected chi connectivity index (χ3v) is 7.18. The Kier molecular flexibility index (Phi) is 5.26. The lowest BCUT2D eigenvalue weighted by Crippen LogP contribution is -2.60. The molecule has 152 valence electrons. The monoisotopic (exact) mass is 388 g/mol. The lowest BCUT2D eigenvalue weighted by molar-refractivity contribution is -0.194. The Balaban J connectivity index is 1.95. The second-order valence-electron chi connectivity index (χ2n) is 8.67. The van der Waals surface area contributed by atoms with E-state index in [0.717, 1.165) is 5.57 Å². The molecule has 0 saturated heterocycles. The van der Waals surface area contributed by atoms with E-state index in [0.29, 0.717) is 31.2 Å². The number of ketones is 1. The predicted molar refractivity (Wildman–Crippen MR) is 102 cm³/mol. The summed E-state index contributed by atoms with van der Waals surface area (Å²) in [5.74, 6) is -1.79. The van der Waals surface area contributed by atoms with Gasteiger partial charge in [-0.15, -0.1) is 0 Å². The lowest BCUT2D eigenvalue weighted by atomic mass is 9.46. The maximum atomic E-state index is 12.8. The quantitative estimate of drug-likeness (QED) is 0.460. The first kappa shape index (κ1) is 20.4. The fourth-order valence-corrected chi connectivity index (χ4v) is 5.61. The van der Waals surface area contributed by atoms with Crippen molar-refractivity contribution in [2.45, 2.75) is 59.0 Å². The highest BCUT2D eigenvalue weighted by Crippen LogP contribution is 2.62. The minimum atomic E-state index is -1.20. The van der Waals surface area contributed by atoms with Gasteiger partial charge in [0.15, 0.2) is 5.78 Å². The fourth-order valence-electron chi connectivity index (χ4n) is 5.61. The Morgan fingerprint density at radius 2 is 2.04 bits per heavy atom. The van der Waals surface area contributed by atoms with E-state index in [1.807, 2.05) is 0 Å². The molecule has 6 heteroatoms. The Morgan fingerprint density at radius 3 is 2.61 bits per heavy atom. The number of carbonyl (C=O) groups excluding carboxylic acids is 2. The van der Waals surface area contributed by atoms with Crippen molar-refractivity contribution in [1.82, 2.24) is 0 Å². The van der Waals surface area contributed by atoms with Gasteiger partial charge >= 0.3 is 11.9 Å². The topological polar surface area (TPSA) is 93.8 Å². The second-order valence-corrected chi connectivity index (χ2v) is 8.67. The molecule has 28 heavy (non-hydrogen) atoms. The number of esters is 1. The fraction of sp³-hybridized carbons (Fsp3) is 0.591. The number of hydrogen-bond donors (Lipinski definition) is 1. The summed E-state index contributed by atoms with van der Waals surface area (Å²) in [6.45, 7) is 9.29. The molecule has 2 fully saturated rings. The van der Waals surface area contributed by atoms with Crippen molar-refractivity contribution in [3.8, 4) is 0 Å². The van der Waals surface area contributed by atoms with Crippen LogP contribution in [0, 0.1) is 22.7 Å². The van der Waals surface area contributed by atoms with E-state index in [1.165, 1.54) is 19.5 Å². The largest absolute Gasteiger partial charge is 0.481 e. The highest BCUT2D eigenvalue weighted by molar-refractivity contribution is 5.96. The van der Waals surface area contributed by atoms with Crippen molar-refractivity contribution < 1.29 is 28.6 Å². The smallest absolute Gasteiger partial charge is 0.313 e. The predicted octanol–water partition coefficient (Wildman–Crippen LogP) is 4.26. The van der Waals surface area contributed by atoms with Gasteiger partial charge in [0.05, 0.1) is 11.8 Å². The van der Waals surface area contributed by atoms with Gasteiger partial charge in [-0.1, -0.05) is 19.1 Å². The molecule has 6 nitrogen and oxygen atoms in total. The van der Waals surface area contributed by atoms with Crippen LogP contribution in [0.4, 0.5) is 0 Å². The molecular formula is C22H28O6. The average molecular weight is 388 g/mol. The summed E-state index contributed by atoms with van der Waals surface area (Å²) in [7, 11) is 0. The number of allylic oxidation sites excluding steroid dienone is 1. The standard InChI is InChI=1S/C22H28O6/c1-13-5-6-18-21(3,16(13)11-17(24)15-8-10-27-12-15)9-7-19(28-14(2)23)22(18,4)20(25)26/h8,10,12,16,18-19H,1,5-7,9,11H2,2-4H3,(H,25,26)/t16-,18+,19-,21-,22-/m1/s1. The molecule has 0 radical (unpaired) electrons. The number of carboxylic acids is 1. The molecule has 5 atom stereocenters. The molecule has 1 aromatic heterocycles.